The van der Waals surface area contributed by atoms with Gasteiger partial charge in [-0.15, -0.1) is 0 Å². The topological polar surface area (TPSA) is 113 Å². The minimum absolute atomic E-state index is 0.120. The molecule has 1 aliphatic heterocycles. The Labute approximate surface area is 169 Å². The summed E-state index contributed by atoms with van der Waals surface area (Å²) in [6, 6.07) is 18.3. The van der Waals surface area contributed by atoms with Crippen LogP contribution in [0.1, 0.15) is 17.0 Å². The summed E-state index contributed by atoms with van der Waals surface area (Å²) in [5.74, 6) is -1.55. The highest BCUT2D eigenvalue weighted by molar-refractivity contribution is 6.00. The Morgan fingerprint density at radius 1 is 1.14 bits per heavy atom. The lowest BCUT2D eigenvalue weighted by atomic mass is 9.54. The van der Waals surface area contributed by atoms with Gasteiger partial charge in [-0.05, 0) is 23.3 Å². The largest absolute Gasteiger partial charge is 0.472 e. The van der Waals surface area contributed by atoms with Crippen molar-refractivity contribution < 1.29 is 9.32 Å². The molecule has 1 saturated carbocycles. The molecule has 0 amide bonds. The fourth-order valence-electron chi connectivity index (χ4n) is 4.82. The molecule has 1 aliphatic carbocycles. The molecule has 29 heavy (non-hydrogen) atoms. The number of nitriles is 3. The molecule has 1 aromatic carbocycles. The van der Waals surface area contributed by atoms with E-state index >= 15 is 0 Å². The molecule has 1 fully saturated rings. The van der Waals surface area contributed by atoms with Crippen molar-refractivity contribution in [2.24, 2.45) is 17.3 Å². The van der Waals surface area contributed by atoms with Gasteiger partial charge in [0.25, 0.3) is 0 Å². The van der Waals surface area contributed by atoms with Gasteiger partial charge in [0.1, 0.15) is 12.5 Å². The molecule has 1 aromatic heterocycles. The minimum atomic E-state index is -1.68. The molecule has 2 unspecified atom stereocenters. The minimum Gasteiger partial charge on any atom is -0.472 e. The Bertz CT molecular complexity index is 1050. The summed E-state index contributed by atoms with van der Waals surface area (Å²) in [4.78, 5) is 1.30. The number of hydrogen-bond donors (Lipinski definition) is 2. The quantitative estimate of drug-likeness (QED) is 0.792. The Hall–Kier alpha value is -3.66. The van der Waals surface area contributed by atoms with Crippen molar-refractivity contribution in [3.05, 3.63) is 71.7 Å². The van der Waals surface area contributed by atoms with E-state index in [0.717, 1.165) is 24.2 Å². The molecule has 2 N–H and O–H groups in total. The maximum absolute atomic E-state index is 10.0. The molecule has 2 aromatic rings. The normalized spacial score (nSPS) is 27.6. The van der Waals surface area contributed by atoms with Gasteiger partial charge in [-0.25, -0.2) is 0 Å². The van der Waals surface area contributed by atoms with E-state index in [0.29, 0.717) is 6.54 Å². The van der Waals surface area contributed by atoms with Crippen LogP contribution in [0.25, 0.3) is 0 Å². The lowest BCUT2D eigenvalue weighted by Gasteiger charge is -2.45. The third-order valence-corrected chi connectivity index (χ3v) is 6.16. The van der Waals surface area contributed by atoms with Crippen LogP contribution in [0.3, 0.4) is 0 Å². The van der Waals surface area contributed by atoms with E-state index < -0.39 is 17.3 Å². The zero-order chi connectivity index (χ0) is 20.4. The Balaban J connectivity index is 1.78. The first kappa shape index (κ1) is 18.7. The predicted octanol–water partition coefficient (Wildman–Crippen LogP) is 2.21. The van der Waals surface area contributed by atoms with Crippen LogP contribution in [0.2, 0.25) is 0 Å². The molecular formula is C23H20N5O+. The number of benzene rings is 1. The summed E-state index contributed by atoms with van der Waals surface area (Å²) in [7, 11) is 0. The molecule has 2 heterocycles. The summed E-state index contributed by atoms with van der Waals surface area (Å²) >= 11 is 0. The molecular weight excluding hydrogens is 362 g/mol. The standard InChI is InChI=1S/C23H19N5O/c24-10-19-18-6-8-28(11-16-4-2-1-3-5-16)12-20(18)21(17-7-9-29-13-17)23(14-25,15-26)22(19)27/h1-7,9,13,19-21,27H,8,11-12H2/p+1/t19?,20-,21+/m1/s1. The maximum Gasteiger partial charge on any atom is 0.190 e. The number of quaternary nitrogens is 1. The highest BCUT2D eigenvalue weighted by atomic mass is 16.3. The summed E-state index contributed by atoms with van der Waals surface area (Å²) < 4.78 is 5.26. The maximum atomic E-state index is 10.0. The number of hydrogen-bond acceptors (Lipinski definition) is 5. The average Bonchev–Trinajstić information content (AvgIpc) is 3.28. The van der Waals surface area contributed by atoms with Gasteiger partial charge in [-0.2, -0.15) is 15.8 Å². The Morgan fingerprint density at radius 3 is 2.52 bits per heavy atom. The zero-order valence-corrected chi connectivity index (χ0v) is 15.8. The van der Waals surface area contributed by atoms with E-state index in [9.17, 15) is 15.8 Å². The molecule has 0 saturated heterocycles. The fourth-order valence-corrected chi connectivity index (χ4v) is 4.82. The van der Waals surface area contributed by atoms with E-state index in [1.165, 1.54) is 16.7 Å². The van der Waals surface area contributed by atoms with Gasteiger partial charge in [-0.3, -0.25) is 0 Å². The monoisotopic (exact) mass is 382 g/mol. The van der Waals surface area contributed by atoms with E-state index in [-0.39, 0.29) is 11.6 Å². The zero-order valence-electron chi connectivity index (χ0n) is 15.8. The number of fused-ring (bicyclic) bond motifs is 1. The van der Waals surface area contributed by atoms with Crippen LogP contribution < -0.4 is 4.90 Å². The second kappa shape index (κ2) is 7.40. The van der Waals surface area contributed by atoms with Crippen LogP contribution in [0.5, 0.6) is 0 Å². The number of furan rings is 1. The van der Waals surface area contributed by atoms with Crippen molar-refractivity contribution in [2.75, 3.05) is 13.1 Å². The summed E-state index contributed by atoms with van der Waals surface area (Å²) in [6.07, 6.45) is 5.12. The molecule has 2 aliphatic rings. The van der Waals surface area contributed by atoms with Gasteiger partial charge < -0.3 is 14.7 Å². The number of rotatable bonds is 3. The van der Waals surface area contributed by atoms with Gasteiger partial charge in [0, 0.05) is 17.4 Å². The number of nitrogens with zero attached hydrogens (tertiary/aromatic N) is 3. The lowest BCUT2D eigenvalue weighted by Crippen LogP contribution is -3.12. The SMILES string of the molecule is N#CC1C(=N)C(C#N)(C#N)[C@@H](c2ccoc2)[C@@H]2C[NH+](Cc3ccccc3)CC=C12. The second-order valence-corrected chi connectivity index (χ2v) is 7.67. The Morgan fingerprint density at radius 2 is 1.90 bits per heavy atom. The van der Waals surface area contributed by atoms with E-state index in [1.807, 2.05) is 24.3 Å². The van der Waals surface area contributed by atoms with Crippen LogP contribution in [0, 0.1) is 56.7 Å². The molecule has 0 spiro atoms. The first-order chi connectivity index (χ1) is 14.1. The molecule has 6 heteroatoms. The summed E-state index contributed by atoms with van der Waals surface area (Å²) in [6.45, 7) is 2.25. The van der Waals surface area contributed by atoms with Gasteiger partial charge in [0.15, 0.2) is 5.41 Å². The van der Waals surface area contributed by atoms with Crippen LogP contribution in [-0.2, 0) is 6.54 Å². The highest BCUT2D eigenvalue weighted by Gasteiger charge is 2.58. The first-order valence-electron chi connectivity index (χ1n) is 9.55. The molecule has 6 nitrogen and oxygen atoms in total. The van der Waals surface area contributed by atoms with Crippen molar-refractivity contribution in [3.8, 4) is 18.2 Å². The van der Waals surface area contributed by atoms with Crippen molar-refractivity contribution in [3.63, 3.8) is 0 Å². The lowest BCUT2D eigenvalue weighted by molar-refractivity contribution is -0.913. The van der Waals surface area contributed by atoms with Crippen molar-refractivity contribution >= 4 is 5.71 Å². The van der Waals surface area contributed by atoms with Crippen molar-refractivity contribution in [1.82, 2.24) is 0 Å². The first-order valence-corrected chi connectivity index (χ1v) is 9.55. The Kier molecular flexibility index (Phi) is 4.77. The molecule has 4 atom stereocenters. The van der Waals surface area contributed by atoms with Crippen LogP contribution in [0.15, 0.2) is 65.0 Å². The van der Waals surface area contributed by atoms with Crippen molar-refractivity contribution in [2.45, 2.75) is 12.5 Å². The molecule has 4 rings (SSSR count). The number of nitrogens with one attached hydrogen (secondary N) is 2. The van der Waals surface area contributed by atoms with Gasteiger partial charge in [-0.1, -0.05) is 30.3 Å². The summed E-state index contributed by atoms with van der Waals surface area (Å²) in [5.41, 5.74) is 1.01. The average molecular weight is 382 g/mol. The highest BCUT2D eigenvalue weighted by Crippen LogP contribution is 2.52. The van der Waals surface area contributed by atoms with E-state index in [4.69, 9.17) is 9.83 Å². The van der Waals surface area contributed by atoms with Gasteiger partial charge >= 0.3 is 0 Å². The van der Waals surface area contributed by atoms with Crippen LogP contribution in [-0.4, -0.2) is 18.8 Å². The van der Waals surface area contributed by atoms with Gasteiger partial charge in [0.2, 0.25) is 0 Å². The fraction of sp³-hybridized carbons (Fsp3) is 0.304. The smallest absolute Gasteiger partial charge is 0.190 e. The van der Waals surface area contributed by atoms with Crippen LogP contribution in [0.4, 0.5) is 0 Å². The van der Waals surface area contributed by atoms with Crippen LogP contribution >= 0.6 is 0 Å². The summed E-state index contributed by atoms with van der Waals surface area (Å²) in [5, 5.41) is 38.4. The van der Waals surface area contributed by atoms with E-state index in [2.05, 4.69) is 30.3 Å². The third kappa shape index (κ3) is 2.93. The third-order valence-electron chi connectivity index (χ3n) is 6.16. The molecule has 0 bridgehead atoms. The predicted molar refractivity (Wildman–Crippen MR) is 104 cm³/mol. The second-order valence-electron chi connectivity index (χ2n) is 7.67. The van der Waals surface area contributed by atoms with E-state index in [1.54, 1.807) is 12.3 Å². The van der Waals surface area contributed by atoms with Crippen molar-refractivity contribution in [1.29, 1.82) is 21.2 Å². The molecule has 142 valence electrons. The molecule has 0 radical (unpaired) electrons. The van der Waals surface area contributed by atoms with Gasteiger partial charge in [0.05, 0.1) is 49.5 Å².